The van der Waals surface area contributed by atoms with Crippen LogP contribution in [0.4, 0.5) is 0 Å². The molecule has 0 radical (unpaired) electrons. The predicted molar refractivity (Wildman–Crippen MR) is 403 cm³/mol. The Bertz CT molecular complexity index is 2140. The van der Waals surface area contributed by atoms with Crippen molar-refractivity contribution in [1.29, 1.82) is 0 Å². The fourth-order valence-corrected chi connectivity index (χ4v) is 10.9. The molecule has 0 aliphatic rings. The van der Waals surface area contributed by atoms with Gasteiger partial charge in [-0.2, -0.15) is 0 Å². The van der Waals surface area contributed by atoms with Gasteiger partial charge >= 0.3 is 19.8 Å². The molecule has 93 heavy (non-hydrogen) atoms. The van der Waals surface area contributed by atoms with E-state index in [1.807, 2.05) is 0 Å². The molecule has 0 rings (SSSR count). The number of allylic oxidation sites excluding steroid dienone is 28. The van der Waals surface area contributed by atoms with E-state index in [2.05, 4.69) is 184 Å². The Morgan fingerprint density at radius 1 is 0.323 bits per heavy atom. The summed E-state index contributed by atoms with van der Waals surface area (Å²) in [4.78, 5) is 35.4. The van der Waals surface area contributed by atoms with E-state index in [-0.39, 0.29) is 38.6 Å². The number of carbonyl (C=O) groups excluding carboxylic acids is 2. The maximum absolute atomic E-state index is 12.8. The van der Waals surface area contributed by atoms with Crippen molar-refractivity contribution in [2.24, 2.45) is 5.73 Å². The third kappa shape index (κ3) is 76.3. The molecule has 0 aromatic rings. The molecule has 3 N–H and O–H groups in total. The van der Waals surface area contributed by atoms with Crippen LogP contribution in [0.1, 0.15) is 309 Å². The summed E-state index contributed by atoms with van der Waals surface area (Å²) in [6.07, 6.45) is 113. The van der Waals surface area contributed by atoms with Crippen molar-refractivity contribution < 1.29 is 37.6 Å². The molecule has 0 fully saturated rings. The molecule has 10 heteroatoms. The summed E-state index contributed by atoms with van der Waals surface area (Å²) in [6.45, 7) is 3.51. The smallest absolute Gasteiger partial charge is 0.462 e. The molecule has 0 amide bonds. The lowest BCUT2D eigenvalue weighted by molar-refractivity contribution is -0.161. The van der Waals surface area contributed by atoms with E-state index >= 15 is 0 Å². The van der Waals surface area contributed by atoms with Crippen molar-refractivity contribution in [3.05, 3.63) is 170 Å². The lowest BCUT2D eigenvalue weighted by atomic mass is 10.0. The average molecular weight is 1310 g/mol. The van der Waals surface area contributed by atoms with Gasteiger partial charge < -0.3 is 20.1 Å². The lowest BCUT2D eigenvalue weighted by Crippen LogP contribution is -2.29. The van der Waals surface area contributed by atoms with Crippen LogP contribution >= 0.6 is 7.82 Å². The van der Waals surface area contributed by atoms with Gasteiger partial charge in [0.2, 0.25) is 0 Å². The van der Waals surface area contributed by atoms with Crippen LogP contribution in [0.5, 0.6) is 0 Å². The monoisotopic (exact) mass is 1310 g/mol. The Balaban J connectivity index is 3.91. The second-order valence-electron chi connectivity index (χ2n) is 24.4. The van der Waals surface area contributed by atoms with Gasteiger partial charge in [0.1, 0.15) is 6.61 Å². The molecule has 0 aliphatic carbocycles. The molecule has 0 bridgehead atoms. The summed E-state index contributed by atoms with van der Waals surface area (Å²) in [6, 6.07) is 0. The zero-order chi connectivity index (χ0) is 67.2. The number of carbonyl (C=O) groups is 2. The number of nitrogens with two attached hydrogens (primary N) is 1. The van der Waals surface area contributed by atoms with Gasteiger partial charge in [0.15, 0.2) is 6.10 Å². The minimum absolute atomic E-state index is 0.0448. The van der Waals surface area contributed by atoms with Crippen LogP contribution in [0.2, 0.25) is 0 Å². The van der Waals surface area contributed by atoms with E-state index in [0.717, 1.165) is 141 Å². The van der Waals surface area contributed by atoms with Gasteiger partial charge in [0, 0.05) is 19.4 Å². The lowest BCUT2D eigenvalue weighted by Gasteiger charge is -2.19. The van der Waals surface area contributed by atoms with Gasteiger partial charge in [-0.3, -0.25) is 18.6 Å². The summed E-state index contributed by atoms with van der Waals surface area (Å²) in [7, 11) is -4.41. The molecule has 0 saturated heterocycles. The van der Waals surface area contributed by atoms with Gasteiger partial charge in [-0.1, -0.05) is 338 Å². The molecule has 2 unspecified atom stereocenters. The topological polar surface area (TPSA) is 134 Å². The van der Waals surface area contributed by atoms with Crippen LogP contribution in [-0.2, 0) is 32.7 Å². The Morgan fingerprint density at radius 2 is 0.559 bits per heavy atom. The second kappa shape index (κ2) is 76.4. The van der Waals surface area contributed by atoms with Crippen molar-refractivity contribution in [3.8, 4) is 0 Å². The highest BCUT2D eigenvalue weighted by molar-refractivity contribution is 7.47. The first kappa shape index (κ1) is 88.4. The zero-order valence-electron chi connectivity index (χ0n) is 59.4. The molecule has 2 atom stereocenters. The Labute approximate surface area is 571 Å². The predicted octanol–water partition coefficient (Wildman–Crippen LogP) is 25.3. The highest BCUT2D eigenvalue weighted by atomic mass is 31.2. The number of phosphoric acid groups is 1. The first-order valence-electron chi connectivity index (χ1n) is 37.6. The first-order chi connectivity index (χ1) is 45.8. The fourth-order valence-electron chi connectivity index (χ4n) is 10.1. The molecule has 9 nitrogen and oxygen atoms in total. The van der Waals surface area contributed by atoms with Gasteiger partial charge in [-0.05, 0) is 128 Å². The number of ether oxygens (including phenoxy) is 2. The second-order valence-corrected chi connectivity index (χ2v) is 25.9. The zero-order valence-corrected chi connectivity index (χ0v) is 60.3. The SMILES string of the molecule is CC/C=C\C/C=C\C/C=C\C/C=C\C/C=C\C/C=C\C/C=C\C/C=C\C/C=C\CCCCCCCCCC(=O)OC(COC(=O)CCCCCCCCCCCCCCCCCCCCCCC/C=C\C/C=C\C/C=C\C/C=C\C/C=C\CC)COP(=O)(O)OCCN. The Hall–Kier alpha value is -4.63. The largest absolute Gasteiger partial charge is 0.472 e. The Kier molecular flexibility index (Phi) is 72.6. The molecule has 0 saturated carbocycles. The third-order valence-corrected chi connectivity index (χ3v) is 16.6. The van der Waals surface area contributed by atoms with E-state index in [4.69, 9.17) is 24.3 Å². The van der Waals surface area contributed by atoms with Crippen molar-refractivity contribution in [2.45, 2.75) is 315 Å². The summed E-state index contributed by atoms with van der Waals surface area (Å²) in [5, 5.41) is 0. The van der Waals surface area contributed by atoms with Gasteiger partial charge in [-0.25, -0.2) is 4.57 Å². The molecule has 0 spiro atoms. The molecule has 0 aromatic carbocycles. The summed E-state index contributed by atoms with van der Waals surface area (Å²) < 4.78 is 33.2. The van der Waals surface area contributed by atoms with Gasteiger partial charge in [-0.15, -0.1) is 0 Å². The Morgan fingerprint density at radius 3 is 0.828 bits per heavy atom. The van der Waals surface area contributed by atoms with Crippen molar-refractivity contribution in [2.75, 3.05) is 26.4 Å². The quantitative estimate of drug-likeness (QED) is 0.0264. The molecule has 0 aliphatic heterocycles. The minimum Gasteiger partial charge on any atom is -0.462 e. The summed E-state index contributed by atoms with van der Waals surface area (Å²) in [5.74, 6) is -0.840. The molecule has 0 aromatic heterocycles. The summed E-state index contributed by atoms with van der Waals surface area (Å²) >= 11 is 0. The maximum Gasteiger partial charge on any atom is 0.472 e. The fraction of sp³-hybridized carbons (Fsp3) is 0.639. The third-order valence-electron chi connectivity index (χ3n) is 15.6. The molecule has 0 heterocycles. The number of rotatable bonds is 69. The van der Waals surface area contributed by atoms with Gasteiger partial charge in [0.25, 0.3) is 0 Å². The summed E-state index contributed by atoms with van der Waals surface area (Å²) in [5.41, 5.74) is 5.41. The number of esters is 2. The van der Waals surface area contributed by atoms with Crippen LogP contribution < -0.4 is 5.73 Å². The maximum atomic E-state index is 12.8. The van der Waals surface area contributed by atoms with E-state index < -0.39 is 26.5 Å². The van der Waals surface area contributed by atoms with E-state index in [1.165, 1.54) is 135 Å². The number of unbranched alkanes of at least 4 members (excludes halogenated alkanes) is 28. The highest BCUT2D eigenvalue weighted by Gasteiger charge is 2.26. The number of hydrogen-bond acceptors (Lipinski definition) is 8. The van der Waals surface area contributed by atoms with Crippen LogP contribution in [0, 0.1) is 0 Å². The van der Waals surface area contributed by atoms with Crippen molar-refractivity contribution in [1.82, 2.24) is 0 Å². The van der Waals surface area contributed by atoms with Gasteiger partial charge in [0.05, 0.1) is 13.2 Å². The standard InChI is InChI=1S/C83H138NO8P/c1-3-5-7-9-11-13-15-17-19-21-23-25-27-29-31-33-35-37-39-40-42-43-45-47-49-51-53-55-57-59-61-63-65-67-69-71-73-75-82(85)89-79-81(80-91-93(87,88)90-78-77-84)92-83(86)76-74-72-70-68-66-64-62-60-58-56-54-52-50-48-46-44-41-38-36-34-32-30-28-26-24-22-20-18-16-14-12-10-8-6-4-2/h5-8,11-14,17-20,23-26,29-32,36,38,44,46,50,52,56,58,81H,3-4,9-10,15-16,21-22,27-28,33-35,37,39-43,45,47-49,51,53-55,57,59-80,84H2,1-2H3,(H,87,88)/b7-5-,8-6-,13-11-,14-12-,19-17-,20-18-,25-23-,26-24-,31-29-,32-30-,38-36-,46-44-,52-50-,58-56-. The molecular formula is C83H138NO8P. The van der Waals surface area contributed by atoms with Crippen LogP contribution in [-0.4, -0.2) is 49.3 Å². The van der Waals surface area contributed by atoms with E-state index in [1.54, 1.807) is 0 Å². The number of phosphoric ester groups is 1. The van der Waals surface area contributed by atoms with E-state index in [0.29, 0.717) is 6.42 Å². The number of hydrogen-bond donors (Lipinski definition) is 2. The molecule has 528 valence electrons. The van der Waals surface area contributed by atoms with Crippen LogP contribution in [0.15, 0.2) is 170 Å². The highest BCUT2D eigenvalue weighted by Crippen LogP contribution is 2.43. The minimum atomic E-state index is -4.41. The van der Waals surface area contributed by atoms with Crippen molar-refractivity contribution in [3.63, 3.8) is 0 Å². The van der Waals surface area contributed by atoms with Crippen molar-refractivity contribution >= 4 is 19.8 Å². The first-order valence-corrected chi connectivity index (χ1v) is 39.1. The molecular weight excluding hydrogens is 1170 g/mol. The van der Waals surface area contributed by atoms with E-state index in [9.17, 15) is 19.0 Å². The van der Waals surface area contributed by atoms with Crippen LogP contribution in [0.25, 0.3) is 0 Å². The van der Waals surface area contributed by atoms with Crippen LogP contribution in [0.3, 0.4) is 0 Å². The average Bonchev–Trinajstić information content (AvgIpc) is 3.70. The normalized spacial score (nSPS) is 13.9.